The molecule has 0 unspecified atom stereocenters. The molecule has 1 aromatic carbocycles. The number of nitrogen functional groups attached to an aromatic ring is 1. The molecule has 0 spiro atoms. The van der Waals surface area contributed by atoms with E-state index in [1.165, 1.54) is 6.07 Å². The van der Waals surface area contributed by atoms with Crippen LogP contribution in [0.25, 0.3) is 0 Å². The average Bonchev–Trinajstić information content (AvgIpc) is 2.42. The van der Waals surface area contributed by atoms with Crippen molar-refractivity contribution in [1.82, 2.24) is 9.97 Å². The van der Waals surface area contributed by atoms with E-state index in [4.69, 9.17) is 5.84 Å². The van der Waals surface area contributed by atoms with Crippen LogP contribution >= 0.6 is 0 Å². The van der Waals surface area contributed by atoms with E-state index in [0.29, 0.717) is 0 Å². The number of rotatable bonds is 4. The maximum atomic E-state index is 13.1. The van der Waals surface area contributed by atoms with Gasteiger partial charge >= 0.3 is 5.69 Å². The lowest BCUT2D eigenvalue weighted by molar-refractivity contribution is -0.384. The molecule has 8 nitrogen and oxygen atoms in total. The van der Waals surface area contributed by atoms with Crippen LogP contribution in [-0.2, 0) is 0 Å². The third-order valence-corrected chi connectivity index (χ3v) is 2.28. The van der Waals surface area contributed by atoms with Gasteiger partial charge in [-0.25, -0.2) is 19.6 Å². The van der Waals surface area contributed by atoms with Gasteiger partial charge in [-0.15, -0.1) is 0 Å². The first-order valence-corrected chi connectivity index (χ1v) is 5.21. The van der Waals surface area contributed by atoms with Crippen molar-refractivity contribution in [3.8, 4) is 0 Å². The molecule has 0 atom stereocenters. The summed E-state index contributed by atoms with van der Waals surface area (Å²) in [6.07, 6.45) is 0.935. The molecular weight excluding hydrogens is 274 g/mol. The SMILES string of the molecule is NNc1ncc([N+](=O)[O-])c(Nc2ccc(F)c(F)c2)n1. The first-order valence-electron chi connectivity index (χ1n) is 5.21. The molecule has 10 heteroatoms. The highest BCUT2D eigenvalue weighted by Gasteiger charge is 2.17. The van der Waals surface area contributed by atoms with Crippen LogP contribution in [0.15, 0.2) is 24.4 Å². The molecule has 1 heterocycles. The molecule has 2 rings (SSSR count). The van der Waals surface area contributed by atoms with Gasteiger partial charge in [0.15, 0.2) is 11.6 Å². The fourth-order valence-electron chi connectivity index (χ4n) is 1.38. The summed E-state index contributed by atoms with van der Waals surface area (Å²) in [5.41, 5.74) is 1.78. The van der Waals surface area contributed by atoms with Crippen LogP contribution < -0.4 is 16.6 Å². The summed E-state index contributed by atoms with van der Waals surface area (Å²) < 4.78 is 25.9. The van der Waals surface area contributed by atoms with Gasteiger partial charge in [0.1, 0.15) is 6.20 Å². The Balaban J connectivity index is 2.40. The van der Waals surface area contributed by atoms with Gasteiger partial charge in [-0.05, 0) is 12.1 Å². The van der Waals surface area contributed by atoms with Gasteiger partial charge in [0.2, 0.25) is 11.8 Å². The number of nitrogens with two attached hydrogens (primary N) is 1. The largest absolute Gasteiger partial charge is 0.334 e. The fraction of sp³-hybridized carbons (Fsp3) is 0. The Kier molecular flexibility index (Phi) is 3.66. The normalized spacial score (nSPS) is 10.2. The maximum Gasteiger partial charge on any atom is 0.329 e. The highest BCUT2D eigenvalue weighted by atomic mass is 19.2. The summed E-state index contributed by atoms with van der Waals surface area (Å²) in [7, 11) is 0. The van der Waals surface area contributed by atoms with Gasteiger partial charge in [0.25, 0.3) is 0 Å². The molecule has 20 heavy (non-hydrogen) atoms. The minimum Gasteiger partial charge on any atom is -0.334 e. The smallest absolute Gasteiger partial charge is 0.329 e. The van der Waals surface area contributed by atoms with Crippen molar-refractivity contribution in [3.63, 3.8) is 0 Å². The van der Waals surface area contributed by atoms with Crippen LogP contribution in [0.4, 0.5) is 31.9 Å². The van der Waals surface area contributed by atoms with Crippen molar-refractivity contribution in [3.05, 3.63) is 46.1 Å². The van der Waals surface area contributed by atoms with Crippen molar-refractivity contribution >= 4 is 23.1 Å². The zero-order chi connectivity index (χ0) is 14.7. The number of nitrogens with zero attached hydrogens (tertiary/aromatic N) is 3. The van der Waals surface area contributed by atoms with Crippen LogP contribution in [0.3, 0.4) is 0 Å². The standard InChI is InChI=1S/C10H8F2N6O2/c11-6-2-1-5(3-7(6)12)15-9-8(18(19)20)4-14-10(16-9)17-13/h1-4H,13H2,(H2,14,15,16,17). The monoisotopic (exact) mass is 282 g/mol. The Hall–Kier alpha value is -2.88. The second-order valence-electron chi connectivity index (χ2n) is 3.58. The Morgan fingerprint density at radius 3 is 2.65 bits per heavy atom. The van der Waals surface area contributed by atoms with E-state index in [9.17, 15) is 18.9 Å². The Labute approximate surface area is 110 Å². The van der Waals surface area contributed by atoms with Crippen LogP contribution in [-0.4, -0.2) is 14.9 Å². The van der Waals surface area contributed by atoms with E-state index in [1.54, 1.807) is 0 Å². The summed E-state index contributed by atoms with van der Waals surface area (Å²) >= 11 is 0. The quantitative estimate of drug-likeness (QED) is 0.443. The molecule has 0 aliphatic heterocycles. The van der Waals surface area contributed by atoms with Crippen LogP contribution in [0.1, 0.15) is 0 Å². The topological polar surface area (TPSA) is 119 Å². The van der Waals surface area contributed by atoms with E-state index >= 15 is 0 Å². The molecule has 4 N–H and O–H groups in total. The number of hydrogen-bond donors (Lipinski definition) is 3. The Morgan fingerprint density at radius 1 is 1.30 bits per heavy atom. The van der Waals surface area contributed by atoms with Crippen LogP contribution in [0.5, 0.6) is 0 Å². The lowest BCUT2D eigenvalue weighted by atomic mass is 10.3. The molecular formula is C10H8F2N6O2. The second-order valence-corrected chi connectivity index (χ2v) is 3.58. The van der Waals surface area contributed by atoms with Gasteiger partial charge < -0.3 is 5.32 Å². The zero-order valence-corrected chi connectivity index (χ0v) is 9.80. The number of hydrazine groups is 1. The summed E-state index contributed by atoms with van der Waals surface area (Å²) in [6, 6.07) is 2.93. The van der Waals surface area contributed by atoms with Gasteiger partial charge in [0, 0.05) is 11.8 Å². The lowest BCUT2D eigenvalue weighted by Crippen LogP contribution is -2.12. The molecule has 0 fully saturated rings. The van der Waals surface area contributed by atoms with E-state index in [1.807, 2.05) is 0 Å². The summed E-state index contributed by atoms with van der Waals surface area (Å²) in [6.45, 7) is 0. The molecule has 2 aromatic rings. The average molecular weight is 282 g/mol. The maximum absolute atomic E-state index is 13.1. The molecule has 0 amide bonds. The highest BCUT2D eigenvalue weighted by molar-refractivity contribution is 5.65. The first-order chi connectivity index (χ1) is 9.51. The molecule has 0 saturated carbocycles. The van der Waals surface area contributed by atoms with Crippen molar-refractivity contribution in [2.24, 2.45) is 5.84 Å². The molecule has 0 saturated heterocycles. The second kappa shape index (κ2) is 5.40. The molecule has 104 valence electrons. The number of anilines is 3. The molecule has 0 aliphatic rings. The van der Waals surface area contributed by atoms with Crippen LogP contribution in [0.2, 0.25) is 0 Å². The van der Waals surface area contributed by atoms with Gasteiger partial charge in [0.05, 0.1) is 4.92 Å². The third kappa shape index (κ3) is 2.75. The molecule has 1 aromatic heterocycles. The number of hydrogen-bond acceptors (Lipinski definition) is 7. The fourth-order valence-corrected chi connectivity index (χ4v) is 1.38. The van der Waals surface area contributed by atoms with E-state index in [-0.39, 0.29) is 17.5 Å². The minimum atomic E-state index is -1.09. The lowest BCUT2D eigenvalue weighted by Gasteiger charge is -2.07. The van der Waals surface area contributed by atoms with Crippen molar-refractivity contribution in [2.75, 3.05) is 10.7 Å². The molecule has 0 aliphatic carbocycles. The summed E-state index contributed by atoms with van der Waals surface area (Å²) in [5.74, 6) is 2.70. The Bertz CT molecular complexity index is 666. The van der Waals surface area contributed by atoms with Crippen LogP contribution in [0, 0.1) is 21.7 Å². The third-order valence-electron chi connectivity index (χ3n) is 2.28. The van der Waals surface area contributed by atoms with E-state index in [0.717, 1.165) is 18.3 Å². The minimum absolute atomic E-state index is 0.0688. The van der Waals surface area contributed by atoms with Gasteiger partial charge in [-0.1, -0.05) is 0 Å². The number of benzene rings is 1. The van der Waals surface area contributed by atoms with Crippen molar-refractivity contribution in [1.29, 1.82) is 0 Å². The van der Waals surface area contributed by atoms with Crippen molar-refractivity contribution in [2.45, 2.75) is 0 Å². The van der Waals surface area contributed by atoms with Gasteiger partial charge in [-0.2, -0.15) is 4.98 Å². The predicted molar refractivity (Wildman–Crippen MR) is 66.1 cm³/mol. The number of nitro groups is 1. The van der Waals surface area contributed by atoms with E-state index in [2.05, 4.69) is 20.7 Å². The highest BCUT2D eigenvalue weighted by Crippen LogP contribution is 2.26. The number of nitrogens with one attached hydrogen (secondary N) is 2. The number of aromatic nitrogens is 2. The molecule has 0 radical (unpaired) electrons. The molecule has 0 bridgehead atoms. The van der Waals surface area contributed by atoms with E-state index < -0.39 is 22.2 Å². The Morgan fingerprint density at radius 2 is 2.05 bits per heavy atom. The number of halogens is 2. The predicted octanol–water partition coefficient (Wildman–Crippen LogP) is 1.69. The van der Waals surface area contributed by atoms with Crippen molar-refractivity contribution < 1.29 is 13.7 Å². The summed E-state index contributed by atoms with van der Waals surface area (Å²) in [4.78, 5) is 17.4. The van der Waals surface area contributed by atoms with Gasteiger partial charge in [-0.3, -0.25) is 15.5 Å². The first kappa shape index (κ1) is 13.5. The summed E-state index contributed by atoms with van der Waals surface area (Å²) in [5, 5.41) is 13.3. The zero-order valence-electron chi connectivity index (χ0n) is 9.80.